The molecule has 1 nitrogen and oxygen atoms in total. The van der Waals surface area contributed by atoms with E-state index in [0.717, 1.165) is 35.4 Å². The molecule has 84 valence electrons. The van der Waals surface area contributed by atoms with E-state index < -0.39 is 0 Å². The summed E-state index contributed by atoms with van der Waals surface area (Å²) in [6, 6.07) is 7.62. The van der Waals surface area contributed by atoms with Crippen LogP contribution in [0.1, 0.15) is 37.7 Å². The van der Waals surface area contributed by atoms with E-state index in [4.69, 9.17) is 11.6 Å². The highest BCUT2D eigenvalue weighted by Crippen LogP contribution is 2.22. The van der Waals surface area contributed by atoms with E-state index in [1.54, 1.807) is 0 Å². The van der Waals surface area contributed by atoms with Crippen LogP contribution in [0.15, 0.2) is 29.8 Å². The van der Waals surface area contributed by atoms with Gasteiger partial charge in [0, 0.05) is 11.4 Å². The summed E-state index contributed by atoms with van der Waals surface area (Å²) < 4.78 is 0. The highest BCUT2D eigenvalue weighted by atomic mass is 35.5. The van der Waals surface area contributed by atoms with Gasteiger partial charge in [-0.25, -0.2) is 0 Å². The molecule has 0 bridgehead atoms. The van der Waals surface area contributed by atoms with Crippen molar-refractivity contribution in [3.05, 3.63) is 40.4 Å². The average Bonchev–Trinajstić information content (AvgIpc) is 2.48. The van der Waals surface area contributed by atoms with Crippen molar-refractivity contribution in [1.82, 2.24) is 0 Å². The number of rotatable bonds is 1. The maximum atomic E-state index is 11.8. The molecule has 0 aromatic heterocycles. The highest BCUT2D eigenvalue weighted by molar-refractivity contribution is 6.30. The lowest BCUT2D eigenvalue weighted by Crippen LogP contribution is -1.98. The Balaban J connectivity index is 2.21. The molecule has 0 spiro atoms. The number of hydrogen-bond donors (Lipinski definition) is 0. The molecule has 0 aliphatic heterocycles. The van der Waals surface area contributed by atoms with Crippen molar-refractivity contribution in [3.8, 4) is 0 Å². The van der Waals surface area contributed by atoms with Crippen LogP contribution in [0.3, 0.4) is 0 Å². The monoisotopic (exact) mass is 234 g/mol. The first-order chi connectivity index (χ1) is 7.75. The molecule has 0 radical (unpaired) electrons. The normalized spacial score (nSPS) is 19.8. The molecule has 16 heavy (non-hydrogen) atoms. The van der Waals surface area contributed by atoms with Crippen molar-refractivity contribution in [3.63, 3.8) is 0 Å². The molecule has 1 aromatic rings. The predicted octanol–water partition coefficient (Wildman–Crippen LogP) is 4.26. The number of carbonyl (C=O) groups excluding carboxylic acids is 1. The molecule has 1 aliphatic rings. The number of halogens is 1. The number of ketones is 1. The van der Waals surface area contributed by atoms with Gasteiger partial charge in [-0.3, -0.25) is 4.79 Å². The fraction of sp³-hybridized carbons (Fsp3) is 0.357. The van der Waals surface area contributed by atoms with Crippen molar-refractivity contribution in [2.75, 3.05) is 0 Å². The summed E-state index contributed by atoms with van der Waals surface area (Å²) in [6.07, 6.45) is 6.97. The quantitative estimate of drug-likeness (QED) is 0.524. The molecule has 0 N–H and O–H groups in total. The van der Waals surface area contributed by atoms with Crippen molar-refractivity contribution in [2.24, 2.45) is 0 Å². The van der Waals surface area contributed by atoms with Gasteiger partial charge < -0.3 is 0 Å². The molecule has 2 rings (SSSR count). The second-order valence-electron chi connectivity index (χ2n) is 4.20. The average molecular weight is 235 g/mol. The molecule has 1 fully saturated rings. The topological polar surface area (TPSA) is 17.1 Å². The fourth-order valence-corrected chi connectivity index (χ4v) is 2.12. The first-order valence-corrected chi connectivity index (χ1v) is 6.13. The van der Waals surface area contributed by atoms with E-state index in [9.17, 15) is 4.79 Å². The number of carbonyl (C=O) groups is 1. The molecule has 0 amide bonds. The van der Waals surface area contributed by atoms with Gasteiger partial charge >= 0.3 is 0 Å². The molecule has 1 saturated carbocycles. The Hall–Kier alpha value is -1.08. The van der Waals surface area contributed by atoms with Crippen LogP contribution in [0.25, 0.3) is 6.08 Å². The van der Waals surface area contributed by atoms with Crippen molar-refractivity contribution in [1.29, 1.82) is 0 Å². The van der Waals surface area contributed by atoms with Crippen LogP contribution in [-0.2, 0) is 4.79 Å². The molecular weight excluding hydrogens is 220 g/mol. The maximum Gasteiger partial charge on any atom is 0.158 e. The van der Waals surface area contributed by atoms with Gasteiger partial charge in [-0.1, -0.05) is 30.2 Å². The summed E-state index contributed by atoms with van der Waals surface area (Å²) in [5.74, 6) is 0.312. The third-order valence-corrected chi connectivity index (χ3v) is 3.17. The summed E-state index contributed by atoms with van der Waals surface area (Å²) >= 11 is 5.82. The maximum absolute atomic E-state index is 11.8. The van der Waals surface area contributed by atoms with E-state index >= 15 is 0 Å². The Morgan fingerprint density at radius 2 is 1.69 bits per heavy atom. The second kappa shape index (κ2) is 5.31. The van der Waals surface area contributed by atoms with E-state index in [-0.39, 0.29) is 0 Å². The van der Waals surface area contributed by atoms with Gasteiger partial charge in [0.25, 0.3) is 0 Å². The molecule has 2 heteroatoms. The minimum absolute atomic E-state index is 0.312. The van der Waals surface area contributed by atoms with Crippen LogP contribution in [0.4, 0.5) is 0 Å². The Kier molecular flexibility index (Phi) is 3.79. The lowest BCUT2D eigenvalue weighted by atomic mass is 10.0. The van der Waals surface area contributed by atoms with Crippen LogP contribution in [0.2, 0.25) is 5.02 Å². The molecule has 1 aromatic carbocycles. The number of Topliss-reactive ketones (excluding diaryl/α,β-unsaturated/α-hetero) is 1. The van der Waals surface area contributed by atoms with E-state index in [1.807, 2.05) is 30.3 Å². The molecular formula is C14H15ClO. The van der Waals surface area contributed by atoms with Crippen molar-refractivity contribution < 1.29 is 4.79 Å². The van der Waals surface area contributed by atoms with Crippen LogP contribution >= 0.6 is 11.6 Å². The largest absolute Gasteiger partial charge is 0.295 e. The summed E-state index contributed by atoms with van der Waals surface area (Å²) in [4.78, 5) is 11.8. The number of hydrogen-bond acceptors (Lipinski definition) is 1. The highest BCUT2D eigenvalue weighted by Gasteiger charge is 2.12. The van der Waals surface area contributed by atoms with Crippen LogP contribution in [-0.4, -0.2) is 5.78 Å². The first kappa shape index (κ1) is 11.4. The summed E-state index contributed by atoms with van der Waals surface area (Å²) in [5, 5.41) is 0.731. The van der Waals surface area contributed by atoms with Gasteiger partial charge in [-0.05, 0) is 48.6 Å². The summed E-state index contributed by atoms with van der Waals surface area (Å²) in [6.45, 7) is 0. The van der Waals surface area contributed by atoms with E-state index in [1.165, 1.54) is 6.42 Å². The zero-order valence-corrected chi connectivity index (χ0v) is 9.96. The Morgan fingerprint density at radius 1 is 1.00 bits per heavy atom. The van der Waals surface area contributed by atoms with Crippen LogP contribution in [0, 0.1) is 0 Å². The lowest BCUT2D eigenvalue weighted by molar-refractivity contribution is -0.115. The van der Waals surface area contributed by atoms with Gasteiger partial charge in [0.15, 0.2) is 5.78 Å². The molecule has 0 atom stereocenters. The molecule has 0 unspecified atom stereocenters. The number of allylic oxidation sites excluding steroid dienone is 1. The summed E-state index contributed by atoms with van der Waals surface area (Å²) in [5.41, 5.74) is 2.04. The third kappa shape index (κ3) is 2.96. The smallest absolute Gasteiger partial charge is 0.158 e. The minimum Gasteiger partial charge on any atom is -0.295 e. The second-order valence-corrected chi connectivity index (χ2v) is 4.64. The van der Waals surface area contributed by atoms with Crippen LogP contribution in [0.5, 0.6) is 0 Å². The van der Waals surface area contributed by atoms with E-state index in [0.29, 0.717) is 12.2 Å². The Bertz CT molecular complexity index is 403. The Labute approximate surface area is 101 Å². The van der Waals surface area contributed by atoms with E-state index in [2.05, 4.69) is 0 Å². The SMILES string of the molecule is O=C1CCCCCC1=Cc1ccc(Cl)cc1. The zero-order chi connectivity index (χ0) is 11.4. The van der Waals surface area contributed by atoms with Gasteiger partial charge in [0.1, 0.15) is 0 Å². The van der Waals surface area contributed by atoms with Gasteiger partial charge in [0.2, 0.25) is 0 Å². The standard InChI is InChI=1S/C14H15ClO/c15-13-8-6-11(7-9-13)10-12-4-2-1-3-5-14(12)16/h6-10H,1-5H2. The van der Waals surface area contributed by atoms with Crippen molar-refractivity contribution >= 4 is 23.5 Å². The first-order valence-electron chi connectivity index (χ1n) is 5.75. The molecule has 1 aliphatic carbocycles. The molecule has 0 heterocycles. The van der Waals surface area contributed by atoms with Gasteiger partial charge in [-0.15, -0.1) is 0 Å². The predicted molar refractivity (Wildman–Crippen MR) is 67.5 cm³/mol. The minimum atomic E-state index is 0.312. The lowest BCUT2D eigenvalue weighted by Gasteiger charge is -2.01. The molecule has 0 saturated heterocycles. The van der Waals surface area contributed by atoms with Gasteiger partial charge in [0.05, 0.1) is 0 Å². The van der Waals surface area contributed by atoms with Gasteiger partial charge in [-0.2, -0.15) is 0 Å². The third-order valence-electron chi connectivity index (χ3n) is 2.92. The zero-order valence-electron chi connectivity index (χ0n) is 9.21. The number of benzene rings is 1. The fourth-order valence-electron chi connectivity index (χ4n) is 1.99. The van der Waals surface area contributed by atoms with Crippen molar-refractivity contribution in [2.45, 2.75) is 32.1 Å². The van der Waals surface area contributed by atoms with Crippen LogP contribution < -0.4 is 0 Å². The summed E-state index contributed by atoms with van der Waals surface area (Å²) in [7, 11) is 0. The Morgan fingerprint density at radius 3 is 2.44 bits per heavy atom.